The normalized spacial score (nSPS) is 11.2. The summed E-state index contributed by atoms with van der Waals surface area (Å²) in [6, 6.07) is 7.09. The zero-order valence-electron chi connectivity index (χ0n) is 9.02. The number of hydrogen-bond acceptors (Lipinski definition) is 2. The molecule has 0 saturated carbocycles. The SMILES string of the molecule is O=c1c2ccc(F)cc2c2cc(F)ccc2n1O. The number of benzene rings is 2. The lowest BCUT2D eigenvalue weighted by Gasteiger charge is -2.07. The molecule has 0 unspecified atom stereocenters. The Morgan fingerprint density at radius 1 is 0.889 bits per heavy atom. The lowest BCUT2D eigenvalue weighted by molar-refractivity contribution is 0.190. The van der Waals surface area contributed by atoms with E-state index in [2.05, 4.69) is 0 Å². The minimum absolute atomic E-state index is 0.136. The molecule has 0 fully saturated rings. The molecule has 0 aliphatic carbocycles. The van der Waals surface area contributed by atoms with Crippen LogP contribution in [-0.2, 0) is 0 Å². The molecule has 3 rings (SSSR count). The summed E-state index contributed by atoms with van der Waals surface area (Å²) in [6.45, 7) is 0. The topological polar surface area (TPSA) is 42.2 Å². The molecular weight excluding hydrogens is 240 g/mol. The van der Waals surface area contributed by atoms with Crippen LogP contribution in [0.25, 0.3) is 21.7 Å². The maximum atomic E-state index is 13.2. The van der Waals surface area contributed by atoms with Gasteiger partial charge in [-0.25, -0.2) is 8.78 Å². The van der Waals surface area contributed by atoms with E-state index in [-0.39, 0.29) is 21.7 Å². The summed E-state index contributed by atoms with van der Waals surface area (Å²) in [7, 11) is 0. The Balaban J connectivity index is 2.69. The maximum absolute atomic E-state index is 13.2. The first-order valence-electron chi connectivity index (χ1n) is 5.21. The Bertz CT molecular complexity index is 840. The molecule has 1 heterocycles. The second-order valence-electron chi connectivity index (χ2n) is 3.97. The number of pyridine rings is 1. The van der Waals surface area contributed by atoms with Crippen LogP contribution in [0.15, 0.2) is 41.2 Å². The van der Waals surface area contributed by atoms with Gasteiger partial charge in [-0.05, 0) is 41.8 Å². The first-order valence-corrected chi connectivity index (χ1v) is 5.21. The van der Waals surface area contributed by atoms with E-state index in [4.69, 9.17) is 0 Å². The largest absolute Gasteiger partial charge is 0.425 e. The molecule has 2 aromatic carbocycles. The van der Waals surface area contributed by atoms with Crippen LogP contribution < -0.4 is 5.56 Å². The van der Waals surface area contributed by atoms with E-state index >= 15 is 0 Å². The van der Waals surface area contributed by atoms with Crippen molar-refractivity contribution in [1.82, 2.24) is 4.73 Å². The highest BCUT2D eigenvalue weighted by Crippen LogP contribution is 2.23. The Morgan fingerprint density at radius 2 is 1.50 bits per heavy atom. The van der Waals surface area contributed by atoms with E-state index in [1.165, 1.54) is 12.1 Å². The van der Waals surface area contributed by atoms with E-state index in [1.807, 2.05) is 0 Å². The molecule has 0 aliphatic rings. The van der Waals surface area contributed by atoms with Gasteiger partial charge in [0.25, 0.3) is 5.56 Å². The van der Waals surface area contributed by atoms with Crippen molar-refractivity contribution in [2.75, 3.05) is 0 Å². The van der Waals surface area contributed by atoms with Crippen LogP contribution in [0, 0.1) is 11.6 Å². The van der Waals surface area contributed by atoms with Gasteiger partial charge in [-0.15, -0.1) is 4.73 Å². The van der Waals surface area contributed by atoms with Gasteiger partial charge in [-0.3, -0.25) is 4.79 Å². The molecule has 90 valence electrons. The third-order valence-corrected chi connectivity index (χ3v) is 2.88. The van der Waals surface area contributed by atoms with Gasteiger partial charge in [0.05, 0.1) is 10.9 Å². The van der Waals surface area contributed by atoms with Crippen molar-refractivity contribution in [2.24, 2.45) is 0 Å². The summed E-state index contributed by atoms with van der Waals surface area (Å²) >= 11 is 0. The summed E-state index contributed by atoms with van der Waals surface area (Å²) in [6.07, 6.45) is 0. The molecule has 3 aromatic rings. The molecule has 0 aliphatic heterocycles. The van der Waals surface area contributed by atoms with Gasteiger partial charge < -0.3 is 5.21 Å². The molecule has 18 heavy (non-hydrogen) atoms. The Labute approximate surface area is 99.5 Å². The van der Waals surface area contributed by atoms with E-state index in [0.29, 0.717) is 4.73 Å². The van der Waals surface area contributed by atoms with Crippen LogP contribution in [0.4, 0.5) is 8.78 Å². The van der Waals surface area contributed by atoms with Gasteiger partial charge in [0.1, 0.15) is 11.6 Å². The number of aromatic nitrogens is 1. The number of fused-ring (bicyclic) bond motifs is 3. The van der Waals surface area contributed by atoms with Crippen molar-refractivity contribution in [2.45, 2.75) is 0 Å². The summed E-state index contributed by atoms with van der Waals surface area (Å²) in [5, 5.41) is 10.4. The molecule has 0 bridgehead atoms. The van der Waals surface area contributed by atoms with Gasteiger partial charge in [0.15, 0.2) is 0 Å². The maximum Gasteiger partial charge on any atom is 0.291 e. The average molecular weight is 247 g/mol. The van der Waals surface area contributed by atoms with Gasteiger partial charge >= 0.3 is 0 Å². The number of nitrogens with zero attached hydrogens (tertiary/aromatic N) is 1. The fraction of sp³-hybridized carbons (Fsp3) is 0. The molecule has 0 saturated heterocycles. The molecule has 1 aromatic heterocycles. The van der Waals surface area contributed by atoms with Gasteiger partial charge in [0, 0.05) is 5.39 Å². The molecule has 0 spiro atoms. The average Bonchev–Trinajstić information content (AvgIpc) is 2.36. The summed E-state index contributed by atoms with van der Waals surface area (Å²) < 4.78 is 26.9. The summed E-state index contributed by atoms with van der Waals surface area (Å²) in [5.74, 6) is -1.05. The van der Waals surface area contributed by atoms with Crippen molar-refractivity contribution >= 4 is 21.7 Å². The van der Waals surface area contributed by atoms with Gasteiger partial charge in [-0.2, -0.15) is 0 Å². The van der Waals surface area contributed by atoms with Crippen LogP contribution in [0.2, 0.25) is 0 Å². The van der Waals surface area contributed by atoms with Crippen molar-refractivity contribution in [3.05, 3.63) is 58.4 Å². The number of rotatable bonds is 0. The van der Waals surface area contributed by atoms with Crippen LogP contribution in [0.3, 0.4) is 0 Å². The van der Waals surface area contributed by atoms with E-state index in [1.54, 1.807) is 0 Å². The zero-order valence-corrected chi connectivity index (χ0v) is 9.02. The standard InChI is InChI=1S/C13H7F2NO2/c14-7-1-3-9-10(5-7)11-6-8(15)2-4-12(11)16(18)13(9)17/h1-6,18H. The molecular formula is C13H7F2NO2. The van der Waals surface area contributed by atoms with Crippen molar-refractivity contribution in [3.63, 3.8) is 0 Å². The molecule has 0 amide bonds. The highest BCUT2D eigenvalue weighted by atomic mass is 19.1. The second-order valence-corrected chi connectivity index (χ2v) is 3.97. The van der Waals surface area contributed by atoms with Gasteiger partial charge in [-0.1, -0.05) is 0 Å². The third-order valence-electron chi connectivity index (χ3n) is 2.88. The highest BCUT2D eigenvalue weighted by Gasteiger charge is 2.11. The Hall–Kier alpha value is -2.43. The summed E-state index contributed by atoms with van der Waals surface area (Å²) in [4.78, 5) is 11.8. The molecule has 0 radical (unpaired) electrons. The smallest absolute Gasteiger partial charge is 0.291 e. The van der Waals surface area contributed by atoms with E-state index in [9.17, 15) is 18.8 Å². The fourth-order valence-corrected chi connectivity index (χ4v) is 2.06. The van der Waals surface area contributed by atoms with Crippen LogP contribution in [0.5, 0.6) is 0 Å². The molecule has 1 N–H and O–H groups in total. The van der Waals surface area contributed by atoms with Crippen molar-refractivity contribution in [1.29, 1.82) is 0 Å². The highest BCUT2D eigenvalue weighted by molar-refractivity contribution is 6.05. The van der Waals surface area contributed by atoms with Gasteiger partial charge in [0.2, 0.25) is 0 Å². The molecule has 5 heteroatoms. The quantitative estimate of drug-likeness (QED) is 0.490. The Morgan fingerprint density at radius 3 is 2.22 bits per heavy atom. The molecule has 0 atom stereocenters. The minimum Gasteiger partial charge on any atom is -0.425 e. The Kier molecular flexibility index (Phi) is 2.10. The lowest BCUT2D eigenvalue weighted by atomic mass is 10.1. The predicted molar refractivity (Wildman–Crippen MR) is 62.8 cm³/mol. The molecule has 3 nitrogen and oxygen atoms in total. The first kappa shape index (κ1) is 10.7. The van der Waals surface area contributed by atoms with Crippen molar-refractivity contribution in [3.8, 4) is 0 Å². The summed E-state index contributed by atoms with van der Waals surface area (Å²) in [5.41, 5.74) is -0.524. The zero-order chi connectivity index (χ0) is 12.9. The van der Waals surface area contributed by atoms with E-state index in [0.717, 1.165) is 24.3 Å². The number of hydrogen-bond donors (Lipinski definition) is 1. The van der Waals surface area contributed by atoms with Crippen molar-refractivity contribution < 1.29 is 14.0 Å². The first-order chi connectivity index (χ1) is 8.58. The fourth-order valence-electron chi connectivity index (χ4n) is 2.06. The monoisotopic (exact) mass is 247 g/mol. The minimum atomic E-state index is -0.663. The van der Waals surface area contributed by atoms with Crippen LogP contribution in [-0.4, -0.2) is 9.94 Å². The number of halogens is 2. The predicted octanol–water partition coefficient (Wildman–Crippen LogP) is 2.67. The third kappa shape index (κ3) is 1.37. The van der Waals surface area contributed by atoms with Crippen LogP contribution >= 0.6 is 0 Å². The van der Waals surface area contributed by atoms with E-state index < -0.39 is 17.2 Å². The lowest BCUT2D eigenvalue weighted by Crippen LogP contribution is -2.18. The van der Waals surface area contributed by atoms with Crippen LogP contribution in [0.1, 0.15) is 0 Å². The second kappa shape index (κ2) is 3.53.